The first kappa shape index (κ1) is 9.46. The molecular weight excluding hydrogens is 176 g/mol. The van der Waals surface area contributed by atoms with Crippen molar-refractivity contribution < 1.29 is 13.5 Å². The number of benzene rings is 1. The van der Waals surface area contributed by atoms with Crippen LogP contribution >= 0.6 is 0 Å². The average molecular weight is 183 g/mol. The van der Waals surface area contributed by atoms with Gasteiger partial charge >= 0.3 is 0 Å². The number of nitrogens with zero attached hydrogens (tertiary/aromatic N) is 1. The largest absolute Gasteiger partial charge is 0.497 e. The van der Waals surface area contributed by atoms with E-state index in [4.69, 9.17) is 10.00 Å². The monoisotopic (exact) mass is 183 g/mol. The lowest BCUT2D eigenvalue weighted by Crippen LogP contribution is -1.90. The summed E-state index contributed by atoms with van der Waals surface area (Å²) in [5.74, 6) is 0.273. The van der Waals surface area contributed by atoms with Gasteiger partial charge in [0.1, 0.15) is 5.75 Å². The summed E-state index contributed by atoms with van der Waals surface area (Å²) in [7, 11) is 1.37. The van der Waals surface area contributed by atoms with Gasteiger partial charge in [0.15, 0.2) is 0 Å². The zero-order valence-electron chi connectivity index (χ0n) is 6.92. The summed E-state index contributed by atoms with van der Waals surface area (Å²) in [6, 6.07) is 5.55. The summed E-state index contributed by atoms with van der Waals surface area (Å²) < 4.78 is 29.2. The third-order valence-electron chi connectivity index (χ3n) is 1.55. The Morgan fingerprint density at radius 3 is 2.54 bits per heavy atom. The van der Waals surface area contributed by atoms with Crippen LogP contribution in [0.4, 0.5) is 8.78 Å². The third kappa shape index (κ3) is 2.15. The van der Waals surface area contributed by atoms with E-state index in [0.29, 0.717) is 0 Å². The van der Waals surface area contributed by atoms with Crippen molar-refractivity contribution in [2.24, 2.45) is 0 Å². The highest BCUT2D eigenvalue weighted by atomic mass is 19.3. The number of rotatable bonds is 2. The van der Waals surface area contributed by atoms with Crippen LogP contribution in [0.2, 0.25) is 0 Å². The van der Waals surface area contributed by atoms with Crippen LogP contribution in [0.25, 0.3) is 0 Å². The highest BCUT2D eigenvalue weighted by molar-refractivity contribution is 5.41. The van der Waals surface area contributed by atoms with E-state index in [2.05, 4.69) is 0 Å². The molecule has 0 unspecified atom stereocenters. The molecule has 1 aromatic carbocycles. The molecule has 0 aromatic heterocycles. The molecule has 0 aliphatic carbocycles. The lowest BCUT2D eigenvalue weighted by atomic mass is 10.1. The Bertz CT molecular complexity index is 344. The topological polar surface area (TPSA) is 33.0 Å². The van der Waals surface area contributed by atoms with Crippen molar-refractivity contribution in [2.75, 3.05) is 7.11 Å². The quantitative estimate of drug-likeness (QED) is 0.705. The predicted octanol–water partition coefficient (Wildman–Crippen LogP) is 2.50. The van der Waals surface area contributed by atoms with Crippen molar-refractivity contribution in [3.05, 3.63) is 29.3 Å². The van der Waals surface area contributed by atoms with Gasteiger partial charge in [-0.2, -0.15) is 5.26 Å². The molecule has 0 heterocycles. The van der Waals surface area contributed by atoms with Crippen LogP contribution in [0.1, 0.15) is 17.6 Å². The third-order valence-corrected chi connectivity index (χ3v) is 1.55. The Morgan fingerprint density at radius 2 is 2.08 bits per heavy atom. The van der Waals surface area contributed by atoms with Gasteiger partial charge in [0.05, 0.1) is 18.7 Å². The van der Waals surface area contributed by atoms with Crippen molar-refractivity contribution in [1.29, 1.82) is 5.26 Å². The molecule has 2 nitrogen and oxygen atoms in total. The SMILES string of the molecule is COc1cc(C#N)cc(C(F)F)c1. The van der Waals surface area contributed by atoms with E-state index in [1.54, 1.807) is 6.07 Å². The van der Waals surface area contributed by atoms with Crippen LogP contribution in [0.3, 0.4) is 0 Å². The fraction of sp³-hybridized carbons (Fsp3) is 0.222. The highest BCUT2D eigenvalue weighted by Gasteiger charge is 2.09. The van der Waals surface area contributed by atoms with Gasteiger partial charge in [0.25, 0.3) is 6.43 Å². The predicted molar refractivity (Wildman–Crippen MR) is 42.7 cm³/mol. The molecule has 0 spiro atoms. The second kappa shape index (κ2) is 3.85. The summed E-state index contributed by atoms with van der Waals surface area (Å²) in [5.41, 5.74) is -0.0226. The van der Waals surface area contributed by atoms with Gasteiger partial charge < -0.3 is 4.74 Å². The maximum atomic E-state index is 12.2. The first-order valence-electron chi connectivity index (χ1n) is 3.54. The summed E-state index contributed by atoms with van der Waals surface area (Å²) in [6.45, 7) is 0. The first-order chi connectivity index (χ1) is 6.17. The number of alkyl halides is 2. The van der Waals surface area contributed by atoms with Gasteiger partial charge in [-0.05, 0) is 18.2 Å². The van der Waals surface area contributed by atoms with Gasteiger partial charge in [0.2, 0.25) is 0 Å². The van der Waals surface area contributed by atoms with Gasteiger partial charge in [0, 0.05) is 5.56 Å². The second-order valence-corrected chi connectivity index (χ2v) is 2.41. The summed E-state index contributed by atoms with van der Waals surface area (Å²) in [4.78, 5) is 0. The molecule has 0 aliphatic rings. The fourth-order valence-electron chi connectivity index (χ4n) is 0.930. The first-order valence-corrected chi connectivity index (χ1v) is 3.54. The molecule has 68 valence electrons. The number of ether oxygens (including phenoxy) is 1. The number of hydrogen-bond acceptors (Lipinski definition) is 2. The summed E-state index contributed by atoms with van der Waals surface area (Å²) in [5, 5.41) is 8.51. The van der Waals surface area contributed by atoms with Gasteiger partial charge in [-0.25, -0.2) is 8.78 Å². The molecule has 13 heavy (non-hydrogen) atoms. The standard InChI is InChI=1S/C9H7F2NO/c1-13-8-3-6(5-12)2-7(4-8)9(10)11/h2-4,9H,1H3. The van der Waals surface area contributed by atoms with Gasteiger partial charge in [-0.3, -0.25) is 0 Å². The van der Waals surface area contributed by atoms with E-state index >= 15 is 0 Å². The Kier molecular flexibility index (Phi) is 2.80. The fourth-order valence-corrected chi connectivity index (χ4v) is 0.930. The Morgan fingerprint density at radius 1 is 1.38 bits per heavy atom. The maximum Gasteiger partial charge on any atom is 0.264 e. The molecule has 0 aliphatic heterocycles. The van der Waals surface area contributed by atoms with E-state index in [-0.39, 0.29) is 16.9 Å². The van der Waals surface area contributed by atoms with E-state index in [1.807, 2.05) is 0 Å². The second-order valence-electron chi connectivity index (χ2n) is 2.41. The Balaban J connectivity index is 3.17. The molecule has 4 heteroatoms. The van der Waals surface area contributed by atoms with Gasteiger partial charge in [-0.1, -0.05) is 0 Å². The number of nitriles is 1. The zero-order chi connectivity index (χ0) is 9.84. The van der Waals surface area contributed by atoms with Gasteiger partial charge in [-0.15, -0.1) is 0 Å². The number of methoxy groups -OCH3 is 1. The molecule has 0 bridgehead atoms. The maximum absolute atomic E-state index is 12.2. The van der Waals surface area contributed by atoms with Crippen molar-refractivity contribution in [3.8, 4) is 11.8 Å². The Labute approximate surface area is 74.4 Å². The molecule has 0 amide bonds. The van der Waals surface area contributed by atoms with Crippen molar-refractivity contribution in [2.45, 2.75) is 6.43 Å². The van der Waals surface area contributed by atoms with E-state index < -0.39 is 6.43 Å². The zero-order valence-corrected chi connectivity index (χ0v) is 6.92. The highest BCUT2D eigenvalue weighted by Crippen LogP contribution is 2.24. The smallest absolute Gasteiger partial charge is 0.264 e. The molecule has 0 radical (unpaired) electrons. The van der Waals surface area contributed by atoms with Crippen LogP contribution in [0.15, 0.2) is 18.2 Å². The molecule has 0 N–H and O–H groups in total. The minimum absolute atomic E-state index is 0.176. The number of hydrogen-bond donors (Lipinski definition) is 0. The summed E-state index contributed by atoms with van der Waals surface area (Å²) in [6.07, 6.45) is -2.58. The van der Waals surface area contributed by atoms with E-state index in [1.165, 1.54) is 19.2 Å². The normalized spacial score (nSPS) is 9.77. The molecule has 1 aromatic rings. The van der Waals surface area contributed by atoms with Crippen molar-refractivity contribution in [1.82, 2.24) is 0 Å². The van der Waals surface area contributed by atoms with Crippen molar-refractivity contribution in [3.63, 3.8) is 0 Å². The molecule has 0 saturated heterocycles. The van der Waals surface area contributed by atoms with E-state index in [0.717, 1.165) is 6.07 Å². The van der Waals surface area contributed by atoms with Crippen molar-refractivity contribution >= 4 is 0 Å². The average Bonchev–Trinajstić information content (AvgIpc) is 2.16. The molecular formula is C9H7F2NO. The molecule has 0 atom stereocenters. The van der Waals surface area contributed by atoms with E-state index in [9.17, 15) is 8.78 Å². The molecule has 0 saturated carbocycles. The van der Waals surface area contributed by atoms with Crippen LogP contribution in [-0.2, 0) is 0 Å². The Hall–Kier alpha value is -1.63. The van der Waals surface area contributed by atoms with Crippen LogP contribution in [-0.4, -0.2) is 7.11 Å². The molecule has 1 rings (SSSR count). The van der Waals surface area contributed by atoms with Crippen LogP contribution in [0.5, 0.6) is 5.75 Å². The molecule has 0 fully saturated rings. The summed E-state index contributed by atoms with van der Waals surface area (Å²) >= 11 is 0. The number of halogens is 2. The minimum atomic E-state index is -2.58. The minimum Gasteiger partial charge on any atom is -0.497 e. The lowest BCUT2D eigenvalue weighted by molar-refractivity contribution is 0.151. The lowest BCUT2D eigenvalue weighted by Gasteiger charge is -2.04. The van der Waals surface area contributed by atoms with Crippen LogP contribution in [0, 0.1) is 11.3 Å². The van der Waals surface area contributed by atoms with Crippen LogP contribution < -0.4 is 4.74 Å².